The van der Waals surface area contributed by atoms with Crippen molar-refractivity contribution < 1.29 is 14.6 Å². The Kier molecular flexibility index (Phi) is 4.79. The van der Waals surface area contributed by atoms with Gasteiger partial charge in [0.2, 0.25) is 0 Å². The molecule has 88 valence electrons. The molecule has 0 fully saturated rings. The van der Waals surface area contributed by atoms with E-state index < -0.39 is 0 Å². The van der Waals surface area contributed by atoms with Crippen LogP contribution < -0.4 is 9.64 Å². The quantitative estimate of drug-likeness (QED) is 0.825. The van der Waals surface area contributed by atoms with Crippen molar-refractivity contribution in [3.8, 4) is 5.75 Å². The fourth-order valence-electron chi connectivity index (χ4n) is 1.62. The second kappa shape index (κ2) is 6.12. The number of para-hydroxylation sites is 2. The highest BCUT2D eigenvalue weighted by atomic mass is 16.5. The minimum atomic E-state index is 0.0468. The molecule has 0 saturated heterocycles. The van der Waals surface area contributed by atoms with Gasteiger partial charge in [-0.3, -0.25) is 4.79 Å². The Morgan fingerprint density at radius 2 is 2.06 bits per heavy atom. The molecule has 1 N–H and O–H groups in total. The van der Waals surface area contributed by atoms with Crippen molar-refractivity contribution >= 4 is 11.6 Å². The Bertz CT molecular complexity index is 352. The average Bonchev–Trinajstić information content (AvgIpc) is 2.35. The number of anilines is 1. The molecule has 0 aromatic heterocycles. The van der Waals surface area contributed by atoms with Gasteiger partial charge in [-0.15, -0.1) is 0 Å². The van der Waals surface area contributed by atoms with E-state index in [-0.39, 0.29) is 12.5 Å². The Morgan fingerprint density at radius 3 is 2.75 bits per heavy atom. The summed E-state index contributed by atoms with van der Waals surface area (Å²) in [5.41, 5.74) is 0.894. The molecule has 0 bridgehead atoms. The van der Waals surface area contributed by atoms with E-state index in [0.717, 1.165) is 31.5 Å². The molecule has 4 heteroatoms. The molecule has 4 nitrogen and oxygen atoms in total. The first-order valence-corrected chi connectivity index (χ1v) is 5.30. The molecule has 0 aliphatic carbocycles. The van der Waals surface area contributed by atoms with Gasteiger partial charge in [0.15, 0.2) is 6.61 Å². The normalized spacial score (nSPS) is 13.4. The van der Waals surface area contributed by atoms with E-state index in [2.05, 4.69) is 6.92 Å². The van der Waals surface area contributed by atoms with E-state index in [9.17, 15) is 4.79 Å². The van der Waals surface area contributed by atoms with Crippen LogP contribution in [0.5, 0.6) is 5.75 Å². The summed E-state index contributed by atoms with van der Waals surface area (Å²) in [5, 5.41) is 7.00. The van der Waals surface area contributed by atoms with Crippen LogP contribution in [0.1, 0.15) is 13.3 Å². The second-order valence-electron chi connectivity index (χ2n) is 3.30. The summed E-state index contributed by atoms with van der Waals surface area (Å²) in [6, 6.07) is 7.65. The first-order valence-electron chi connectivity index (χ1n) is 5.30. The van der Waals surface area contributed by atoms with Crippen molar-refractivity contribution in [2.75, 3.05) is 25.2 Å². The molecule has 0 unspecified atom stereocenters. The molecule has 1 aliphatic rings. The van der Waals surface area contributed by atoms with Gasteiger partial charge in [-0.2, -0.15) is 0 Å². The summed E-state index contributed by atoms with van der Waals surface area (Å²) in [6.45, 7) is 2.99. The lowest BCUT2D eigenvalue weighted by Gasteiger charge is -2.28. The van der Waals surface area contributed by atoms with Gasteiger partial charge in [-0.1, -0.05) is 19.1 Å². The Labute approximate surface area is 95.5 Å². The molecular weight excluding hydrogens is 206 g/mol. The van der Waals surface area contributed by atoms with Gasteiger partial charge in [-0.25, -0.2) is 0 Å². The van der Waals surface area contributed by atoms with Crippen molar-refractivity contribution in [3.05, 3.63) is 24.3 Å². The number of rotatable bonds is 2. The predicted molar refractivity (Wildman–Crippen MR) is 62.7 cm³/mol. The maximum Gasteiger partial charge on any atom is 0.265 e. The van der Waals surface area contributed by atoms with Crippen LogP contribution in [0.15, 0.2) is 24.3 Å². The van der Waals surface area contributed by atoms with Gasteiger partial charge >= 0.3 is 0 Å². The van der Waals surface area contributed by atoms with Crippen LogP contribution in [-0.2, 0) is 4.79 Å². The fraction of sp³-hybridized carbons (Fsp3) is 0.417. The summed E-state index contributed by atoms with van der Waals surface area (Å²) < 4.78 is 5.32. The molecule has 1 aliphatic heterocycles. The summed E-state index contributed by atoms with van der Waals surface area (Å²) in [5.74, 6) is 0.853. The zero-order chi connectivity index (χ0) is 12.0. The Morgan fingerprint density at radius 1 is 1.38 bits per heavy atom. The van der Waals surface area contributed by atoms with Crippen LogP contribution in [0.3, 0.4) is 0 Å². The predicted octanol–water partition coefficient (Wildman–Crippen LogP) is 1.43. The van der Waals surface area contributed by atoms with Crippen LogP contribution in [0.2, 0.25) is 0 Å². The van der Waals surface area contributed by atoms with Gasteiger partial charge in [0.1, 0.15) is 5.75 Å². The lowest BCUT2D eigenvalue weighted by Crippen LogP contribution is -2.39. The smallest absolute Gasteiger partial charge is 0.265 e. The molecule has 1 amide bonds. The summed E-state index contributed by atoms with van der Waals surface area (Å²) in [4.78, 5) is 13.3. The lowest BCUT2D eigenvalue weighted by molar-refractivity contribution is -0.121. The minimum Gasteiger partial charge on any atom is -0.482 e. The molecule has 0 atom stereocenters. The summed E-state index contributed by atoms with van der Waals surface area (Å²) in [6.07, 6.45) is 0.958. The molecule has 1 aromatic carbocycles. The number of hydrogen-bond acceptors (Lipinski definition) is 3. The Balaban J connectivity index is 0.000000606. The van der Waals surface area contributed by atoms with Crippen molar-refractivity contribution in [1.29, 1.82) is 0 Å². The van der Waals surface area contributed by atoms with Crippen LogP contribution in [0, 0.1) is 0 Å². The van der Waals surface area contributed by atoms with E-state index in [1.807, 2.05) is 24.3 Å². The third kappa shape index (κ3) is 2.52. The number of carbonyl (C=O) groups excluding carboxylic acids is 1. The van der Waals surface area contributed by atoms with E-state index >= 15 is 0 Å². The molecule has 0 saturated carbocycles. The fourth-order valence-corrected chi connectivity index (χ4v) is 1.62. The van der Waals surface area contributed by atoms with E-state index in [4.69, 9.17) is 9.84 Å². The van der Waals surface area contributed by atoms with Gasteiger partial charge in [0, 0.05) is 13.7 Å². The molecular formula is C12H17NO3. The van der Waals surface area contributed by atoms with E-state index in [1.54, 1.807) is 4.90 Å². The van der Waals surface area contributed by atoms with Gasteiger partial charge in [0.05, 0.1) is 5.69 Å². The van der Waals surface area contributed by atoms with E-state index in [0.29, 0.717) is 0 Å². The standard InChI is InChI=1S/C11H13NO2.CH4O/c1-2-7-12-9-5-3-4-6-10(9)14-8-11(12)13;1-2/h3-6H,2,7-8H2,1H3;2H,1H3. The molecule has 1 aromatic rings. The summed E-state index contributed by atoms with van der Waals surface area (Å²) in [7, 11) is 1.00. The first kappa shape index (κ1) is 12.5. The number of benzene rings is 1. The zero-order valence-corrected chi connectivity index (χ0v) is 9.64. The van der Waals surface area contributed by atoms with Gasteiger partial charge < -0.3 is 14.7 Å². The number of aliphatic hydroxyl groups is 1. The van der Waals surface area contributed by atoms with Gasteiger partial charge in [-0.05, 0) is 18.6 Å². The summed E-state index contributed by atoms with van der Waals surface area (Å²) >= 11 is 0. The van der Waals surface area contributed by atoms with Crippen LogP contribution >= 0.6 is 0 Å². The number of carbonyl (C=O) groups is 1. The molecule has 16 heavy (non-hydrogen) atoms. The van der Waals surface area contributed by atoms with Crippen molar-refractivity contribution in [2.24, 2.45) is 0 Å². The highest BCUT2D eigenvalue weighted by Gasteiger charge is 2.23. The molecule has 1 heterocycles. The maximum atomic E-state index is 11.5. The second-order valence-corrected chi connectivity index (χ2v) is 3.30. The number of ether oxygens (including phenoxy) is 1. The third-order valence-electron chi connectivity index (χ3n) is 2.26. The Hall–Kier alpha value is -1.55. The van der Waals surface area contributed by atoms with Gasteiger partial charge in [0.25, 0.3) is 5.91 Å². The number of nitrogens with zero attached hydrogens (tertiary/aromatic N) is 1. The highest BCUT2D eigenvalue weighted by molar-refractivity contribution is 5.97. The highest BCUT2D eigenvalue weighted by Crippen LogP contribution is 2.31. The first-order chi connectivity index (χ1) is 7.83. The average molecular weight is 223 g/mol. The number of fused-ring (bicyclic) bond motifs is 1. The number of hydrogen-bond donors (Lipinski definition) is 1. The lowest BCUT2D eigenvalue weighted by atomic mass is 10.2. The third-order valence-corrected chi connectivity index (χ3v) is 2.26. The van der Waals surface area contributed by atoms with Crippen molar-refractivity contribution in [1.82, 2.24) is 0 Å². The van der Waals surface area contributed by atoms with Crippen LogP contribution in [0.25, 0.3) is 0 Å². The number of amides is 1. The minimum absolute atomic E-state index is 0.0468. The van der Waals surface area contributed by atoms with Crippen molar-refractivity contribution in [3.63, 3.8) is 0 Å². The van der Waals surface area contributed by atoms with Crippen LogP contribution in [0.4, 0.5) is 5.69 Å². The molecule has 0 radical (unpaired) electrons. The van der Waals surface area contributed by atoms with E-state index in [1.165, 1.54) is 0 Å². The molecule has 2 rings (SSSR count). The molecule has 0 spiro atoms. The van der Waals surface area contributed by atoms with Crippen LogP contribution in [-0.4, -0.2) is 31.3 Å². The van der Waals surface area contributed by atoms with Crippen molar-refractivity contribution in [2.45, 2.75) is 13.3 Å². The largest absolute Gasteiger partial charge is 0.482 e. The zero-order valence-electron chi connectivity index (χ0n) is 9.64. The monoisotopic (exact) mass is 223 g/mol. The number of aliphatic hydroxyl groups excluding tert-OH is 1. The topological polar surface area (TPSA) is 49.8 Å². The maximum absolute atomic E-state index is 11.5. The SMILES string of the molecule is CCCN1C(=O)COc2ccccc21.CO.